The SMILES string of the molecule is CCNC(=O)COc1cccc(CNC(=NC)NC2CC2C)c1. The van der Waals surface area contributed by atoms with Crippen molar-refractivity contribution in [3.05, 3.63) is 29.8 Å². The molecule has 2 atom stereocenters. The standard InChI is InChI=1S/C17H26N4O2/c1-4-19-16(22)11-23-14-7-5-6-13(9-14)10-20-17(18-3)21-15-8-12(15)2/h5-7,9,12,15H,4,8,10-11H2,1-3H3,(H,19,22)(H2,18,20,21). The van der Waals surface area contributed by atoms with Gasteiger partial charge >= 0.3 is 0 Å². The van der Waals surface area contributed by atoms with Crippen molar-refractivity contribution >= 4 is 11.9 Å². The summed E-state index contributed by atoms with van der Waals surface area (Å²) in [5.74, 6) is 2.11. The van der Waals surface area contributed by atoms with Crippen LogP contribution in [0.2, 0.25) is 0 Å². The molecular weight excluding hydrogens is 292 g/mol. The number of guanidine groups is 1. The van der Waals surface area contributed by atoms with Gasteiger partial charge in [0.1, 0.15) is 5.75 Å². The molecule has 6 nitrogen and oxygen atoms in total. The van der Waals surface area contributed by atoms with Crippen molar-refractivity contribution in [1.82, 2.24) is 16.0 Å². The maximum Gasteiger partial charge on any atom is 0.257 e. The molecule has 1 aromatic carbocycles. The van der Waals surface area contributed by atoms with Gasteiger partial charge in [-0.25, -0.2) is 0 Å². The summed E-state index contributed by atoms with van der Waals surface area (Å²) in [4.78, 5) is 15.6. The average molecular weight is 318 g/mol. The minimum atomic E-state index is -0.112. The molecule has 1 amide bonds. The first-order chi connectivity index (χ1) is 11.1. The molecule has 2 rings (SSSR count). The molecule has 0 aliphatic heterocycles. The summed E-state index contributed by atoms with van der Waals surface area (Å²) in [5.41, 5.74) is 1.07. The summed E-state index contributed by atoms with van der Waals surface area (Å²) in [6.45, 7) is 5.40. The van der Waals surface area contributed by atoms with Crippen molar-refractivity contribution in [1.29, 1.82) is 0 Å². The minimum absolute atomic E-state index is 0.0352. The van der Waals surface area contributed by atoms with Gasteiger partial charge in [0.05, 0.1) is 0 Å². The van der Waals surface area contributed by atoms with Crippen molar-refractivity contribution in [2.75, 3.05) is 20.2 Å². The van der Waals surface area contributed by atoms with E-state index in [0.717, 1.165) is 17.4 Å². The van der Waals surface area contributed by atoms with Gasteiger partial charge in [0.15, 0.2) is 12.6 Å². The van der Waals surface area contributed by atoms with Crippen LogP contribution in [0, 0.1) is 5.92 Å². The molecular formula is C17H26N4O2. The third kappa shape index (κ3) is 5.81. The number of rotatable bonds is 7. The summed E-state index contributed by atoms with van der Waals surface area (Å²) >= 11 is 0. The number of ether oxygens (including phenoxy) is 1. The largest absolute Gasteiger partial charge is 0.484 e. The van der Waals surface area contributed by atoms with Gasteiger partial charge in [0, 0.05) is 26.2 Å². The van der Waals surface area contributed by atoms with E-state index in [1.165, 1.54) is 6.42 Å². The highest BCUT2D eigenvalue weighted by atomic mass is 16.5. The van der Waals surface area contributed by atoms with E-state index in [1.54, 1.807) is 7.05 Å². The number of carbonyl (C=O) groups is 1. The van der Waals surface area contributed by atoms with Crippen LogP contribution in [-0.4, -0.2) is 38.1 Å². The molecule has 0 bridgehead atoms. The Kier molecular flexibility index (Phi) is 6.26. The van der Waals surface area contributed by atoms with E-state index in [2.05, 4.69) is 27.9 Å². The van der Waals surface area contributed by atoms with Crippen molar-refractivity contribution in [2.24, 2.45) is 10.9 Å². The lowest BCUT2D eigenvalue weighted by Gasteiger charge is -2.12. The van der Waals surface area contributed by atoms with Crippen LogP contribution in [0.1, 0.15) is 25.8 Å². The molecule has 1 aliphatic carbocycles. The average Bonchev–Trinajstić information content (AvgIpc) is 3.25. The number of benzene rings is 1. The molecule has 0 heterocycles. The van der Waals surface area contributed by atoms with Crippen LogP contribution in [0.4, 0.5) is 0 Å². The predicted molar refractivity (Wildman–Crippen MR) is 91.5 cm³/mol. The van der Waals surface area contributed by atoms with Gasteiger partial charge in [-0.05, 0) is 37.0 Å². The van der Waals surface area contributed by atoms with E-state index in [-0.39, 0.29) is 12.5 Å². The Bertz CT molecular complexity index is 559. The lowest BCUT2D eigenvalue weighted by molar-refractivity contribution is -0.122. The Balaban J connectivity index is 1.80. The van der Waals surface area contributed by atoms with Crippen molar-refractivity contribution in [3.63, 3.8) is 0 Å². The first-order valence-electron chi connectivity index (χ1n) is 8.08. The number of carbonyl (C=O) groups excluding carboxylic acids is 1. The topological polar surface area (TPSA) is 74.8 Å². The highest BCUT2D eigenvalue weighted by molar-refractivity contribution is 5.80. The van der Waals surface area contributed by atoms with Crippen LogP contribution in [0.3, 0.4) is 0 Å². The number of nitrogens with zero attached hydrogens (tertiary/aromatic N) is 1. The third-order valence-electron chi connectivity index (χ3n) is 3.76. The molecule has 1 fully saturated rings. The highest BCUT2D eigenvalue weighted by Crippen LogP contribution is 2.28. The molecule has 6 heteroatoms. The van der Waals surface area contributed by atoms with Crippen molar-refractivity contribution < 1.29 is 9.53 Å². The molecule has 1 saturated carbocycles. The number of likely N-dealkylation sites (N-methyl/N-ethyl adjacent to an activating group) is 1. The second kappa shape index (κ2) is 8.41. The van der Waals surface area contributed by atoms with E-state index in [9.17, 15) is 4.79 Å². The first-order valence-corrected chi connectivity index (χ1v) is 8.08. The molecule has 0 saturated heterocycles. The first kappa shape index (κ1) is 17.1. The van der Waals surface area contributed by atoms with Crippen LogP contribution in [0.15, 0.2) is 29.3 Å². The molecule has 1 aromatic rings. The zero-order valence-corrected chi connectivity index (χ0v) is 14.1. The smallest absolute Gasteiger partial charge is 0.257 e. The third-order valence-corrected chi connectivity index (χ3v) is 3.76. The molecule has 126 valence electrons. The number of hydrogen-bond donors (Lipinski definition) is 3. The van der Waals surface area contributed by atoms with Gasteiger partial charge in [-0.15, -0.1) is 0 Å². The maximum absolute atomic E-state index is 11.4. The minimum Gasteiger partial charge on any atom is -0.484 e. The molecule has 0 aromatic heterocycles. The van der Waals surface area contributed by atoms with Gasteiger partial charge in [-0.2, -0.15) is 0 Å². The maximum atomic E-state index is 11.4. The van der Waals surface area contributed by atoms with Crippen molar-refractivity contribution in [2.45, 2.75) is 32.9 Å². The summed E-state index contributed by atoms with van der Waals surface area (Å²) in [5, 5.41) is 9.38. The van der Waals surface area contributed by atoms with Gasteiger partial charge in [-0.1, -0.05) is 19.1 Å². The molecule has 1 aliphatic rings. The van der Waals surface area contributed by atoms with Crippen LogP contribution in [-0.2, 0) is 11.3 Å². The van der Waals surface area contributed by atoms with Crippen LogP contribution >= 0.6 is 0 Å². The normalized spacial score (nSPS) is 19.9. The Hall–Kier alpha value is -2.24. The van der Waals surface area contributed by atoms with E-state index >= 15 is 0 Å². The number of aliphatic imine (C=N–C) groups is 1. The second-order valence-electron chi connectivity index (χ2n) is 5.78. The lowest BCUT2D eigenvalue weighted by atomic mass is 10.2. The molecule has 3 N–H and O–H groups in total. The summed E-state index contributed by atoms with van der Waals surface area (Å²) in [6, 6.07) is 8.25. The predicted octanol–water partition coefficient (Wildman–Crippen LogP) is 1.27. The van der Waals surface area contributed by atoms with E-state index < -0.39 is 0 Å². The zero-order chi connectivity index (χ0) is 16.7. The highest BCUT2D eigenvalue weighted by Gasteiger charge is 2.33. The summed E-state index contributed by atoms with van der Waals surface area (Å²) in [7, 11) is 1.77. The Morgan fingerprint density at radius 3 is 2.83 bits per heavy atom. The number of nitrogens with one attached hydrogen (secondary N) is 3. The van der Waals surface area contributed by atoms with E-state index in [1.807, 2.05) is 31.2 Å². The van der Waals surface area contributed by atoms with E-state index in [0.29, 0.717) is 24.9 Å². The number of amides is 1. The van der Waals surface area contributed by atoms with Crippen LogP contribution in [0.5, 0.6) is 5.75 Å². The fourth-order valence-electron chi connectivity index (χ4n) is 2.22. The van der Waals surface area contributed by atoms with Crippen LogP contribution in [0.25, 0.3) is 0 Å². The van der Waals surface area contributed by atoms with Gasteiger partial charge in [-0.3, -0.25) is 9.79 Å². The summed E-state index contributed by atoms with van der Waals surface area (Å²) in [6.07, 6.45) is 1.20. The van der Waals surface area contributed by atoms with Gasteiger partial charge in [0.25, 0.3) is 5.91 Å². The fraction of sp³-hybridized carbons (Fsp3) is 0.529. The quantitative estimate of drug-likeness (QED) is 0.523. The van der Waals surface area contributed by atoms with Crippen LogP contribution < -0.4 is 20.7 Å². The monoisotopic (exact) mass is 318 g/mol. The van der Waals surface area contributed by atoms with E-state index in [4.69, 9.17) is 4.74 Å². The fourth-order valence-corrected chi connectivity index (χ4v) is 2.22. The molecule has 0 spiro atoms. The molecule has 23 heavy (non-hydrogen) atoms. The van der Waals surface area contributed by atoms with Gasteiger partial charge in [0.2, 0.25) is 0 Å². The molecule has 0 radical (unpaired) electrons. The second-order valence-corrected chi connectivity index (χ2v) is 5.78. The lowest BCUT2D eigenvalue weighted by Crippen LogP contribution is -2.38. The Morgan fingerprint density at radius 2 is 2.17 bits per heavy atom. The molecule has 2 unspecified atom stereocenters. The number of hydrogen-bond acceptors (Lipinski definition) is 3. The zero-order valence-electron chi connectivity index (χ0n) is 14.1. The Labute approximate surface area is 137 Å². The van der Waals surface area contributed by atoms with Gasteiger partial charge < -0.3 is 20.7 Å². The summed E-state index contributed by atoms with van der Waals surface area (Å²) < 4.78 is 5.50. The Morgan fingerprint density at radius 1 is 1.39 bits per heavy atom. The van der Waals surface area contributed by atoms with Crippen molar-refractivity contribution in [3.8, 4) is 5.75 Å².